The van der Waals surface area contributed by atoms with Crippen molar-refractivity contribution >= 4 is 17.7 Å². The van der Waals surface area contributed by atoms with E-state index in [-0.39, 0.29) is 12.2 Å². The molecule has 0 aromatic carbocycles. The van der Waals surface area contributed by atoms with E-state index in [0.717, 1.165) is 19.3 Å². The molecule has 1 saturated carbocycles. The molecule has 1 aliphatic carbocycles. The van der Waals surface area contributed by atoms with Crippen molar-refractivity contribution in [1.82, 2.24) is 10.2 Å². The Morgan fingerprint density at radius 1 is 1.39 bits per heavy atom. The number of hydrogen-bond acceptors (Lipinski definition) is 3. The number of carbonyl (C=O) groups excluding carboxylic acids is 1. The van der Waals surface area contributed by atoms with Crippen LogP contribution in [0.1, 0.15) is 52.4 Å². The van der Waals surface area contributed by atoms with Gasteiger partial charge in [-0.2, -0.15) is 11.8 Å². The van der Waals surface area contributed by atoms with Crippen LogP contribution in [0.5, 0.6) is 0 Å². The van der Waals surface area contributed by atoms with Crippen LogP contribution in [0.2, 0.25) is 0 Å². The van der Waals surface area contributed by atoms with Crippen molar-refractivity contribution in [2.75, 3.05) is 6.26 Å². The largest absolute Gasteiger partial charge is 0.322 e. The Hall–Kier alpha value is -0.220. The molecule has 0 bridgehead atoms. The minimum absolute atomic E-state index is 0.0723. The van der Waals surface area contributed by atoms with E-state index in [0.29, 0.717) is 17.2 Å². The lowest BCUT2D eigenvalue weighted by atomic mass is 10.1. The number of amides is 1. The van der Waals surface area contributed by atoms with E-state index < -0.39 is 0 Å². The molecule has 2 aliphatic rings. The van der Waals surface area contributed by atoms with E-state index >= 15 is 0 Å². The standard InChI is InChI=1S/C14H26N2OS/c1-4-7-10-14(17)16(13(5-2)15-10)11-8-6-9-12(11)18-3/h10-13,15H,4-9H2,1-3H3. The normalized spacial score (nSPS) is 36.6. The summed E-state index contributed by atoms with van der Waals surface area (Å²) in [5, 5.41) is 4.17. The Labute approximate surface area is 115 Å². The Balaban J connectivity index is 2.11. The maximum atomic E-state index is 12.6. The van der Waals surface area contributed by atoms with E-state index in [1.165, 1.54) is 19.3 Å². The zero-order valence-electron chi connectivity index (χ0n) is 11.8. The molecule has 2 rings (SSSR count). The summed E-state index contributed by atoms with van der Waals surface area (Å²) >= 11 is 1.93. The first-order valence-corrected chi connectivity index (χ1v) is 8.62. The molecule has 0 aromatic rings. The molecule has 3 nitrogen and oxygen atoms in total. The van der Waals surface area contributed by atoms with Gasteiger partial charge in [0, 0.05) is 11.3 Å². The van der Waals surface area contributed by atoms with Crippen molar-refractivity contribution in [3.8, 4) is 0 Å². The predicted octanol–water partition coefficient (Wildman–Crippen LogP) is 2.61. The first-order chi connectivity index (χ1) is 8.72. The second-order valence-corrected chi connectivity index (χ2v) is 6.53. The summed E-state index contributed by atoms with van der Waals surface area (Å²) in [7, 11) is 0. The molecule has 0 aromatic heterocycles. The van der Waals surface area contributed by atoms with Gasteiger partial charge < -0.3 is 4.90 Å². The smallest absolute Gasteiger partial charge is 0.241 e. The van der Waals surface area contributed by atoms with Crippen LogP contribution >= 0.6 is 11.8 Å². The summed E-state index contributed by atoms with van der Waals surface area (Å²) < 4.78 is 0. The van der Waals surface area contributed by atoms with Crippen LogP contribution in [0.3, 0.4) is 0 Å². The summed E-state index contributed by atoms with van der Waals surface area (Å²) in [6.07, 6.45) is 9.25. The number of carbonyl (C=O) groups is 1. The van der Waals surface area contributed by atoms with Crippen LogP contribution in [-0.4, -0.2) is 40.6 Å². The third-order valence-electron chi connectivity index (χ3n) is 4.32. The molecule has 4 unspecified atom stereocenters. The minimum atomic E-state index is 0.0723. The highest BCUT2D eigenvalue weighted by molar-refractivity contribution is 7.99. The van der Waals surface area contributed by atoms with Gasteiger partial charge in [0.05, 0.1) is 12.2 Å². The van der Waals surface area contributed by atoms with Gasteiger partial charge in [0.2, 0.25) is 5.91 Å². The summed E-state index contributed by atoms with van der Waals surface area (Å²) in [5.41, 5.74) is 0. The number of nitrogens with zero attached hydrogens (tertiary/aromatic N) is 1. The monoisotopic (exact) mass is 270 g/mol. The molecule has 0 spiro atoms. The van der Waals surface area contributed by atoms with Gasteiger partial charge in [0.1, 0.15) is 0 Å². The van der Waals surface area contributed by atoms with Crippen LogP contribution < -0.4 is 5.32 Å². The fraction of sp³-hybridized carbons (Fsp3) is 0.929. The van der Waals surface area contributed by atoms with E-state index in [1.807, 2.05) is 11.8 Å². The maximum Gasteiger partial charge on any atom is 0.241 e. The molecule has 2 fully saturated rings. The zero-order valence-corrected chi connectivity index (χ0v) is 12.6. The number of rotatable bonds is 5. The van der Waals surface area contributed by atoms with Gasteiger partial charge in [0.15, 0.2) is 0 Å². The Morgan fingerprint density at radius 2 is 2.17 bits per heavy atom. The number of thioether (sulfide) groups is 1. The van der Waals surface area contributed by atoms with Crippen LogP contribution in [0.25, 0.3) is 0 Å². The zero-order chi connectivity index (χ0) is 13.1. The van der Waals surface area contributed by atoms with E-state index in [4.69, 9.17) is 0 Å². The van der Waals surface area contributed by atoms with Crippen molar-refractivity contribution < 1.29 is 4.79 Å². The lowest BCUT2D eigenvalue weighted by Crippen LogP contribution is -2.47. The molecule has 1 aliphatic heterocycles. The highest BCUT2D eigenvalue weighted by Gasteiger charge is 2.44. The first-order valence-electron chi connectivity index (χ1n) is 7.33. The van der Waals surface area contributed by atoms with Gasteiger partial charge in [0.25, 0.3) is 0 Å². The van der Waals surface area contributed by atoms with Crippen LogP contribution in [0.4, 0.5) is 0 Å². The number of nitrogens with one attached hydrogen (secondary N) is 1. The summed E-state index contributed by atoms with van der Waals surface area (Å²) in [6, 6.07) is 0.537. The fourth-order valence-electron chi connectivity index (χ4n) is 3.42. The predicted molar refractivity (Wildman–Crippen MR) is 77.7 cm³/mol. The van der Waals surface area contributed by atoms with Crippen molar-refractivity contribution in [2.45, 2.75) is 75.9 Å². The lowest BCUT2D eigenvalue weighted by Gasteiger charge is -2.33. The van der Waals surface area contributed by atoms with Gasteiger partial charge in [-0.1, -0.05) is 26.7 Å². The topological polar surface area (TPSA) is 32.3 Å². The SMILES string of the molecule is CCCC1NC(CC)N(C2CCCC2SC)C1=O. The molecule has 1 saturated heterocycles. The fourth-order valence-corrected chi connectivity index (χ4v) is 4.41. The maximum absolute atomic E-state index is 12.6. The van der Waals surface area contributed by atoms with Gasteiger partial charge in [-0.15, -0.1) is 0 Å². The second kappa shape index (κ2) is 6.29. The average Bonchev–Trinajstić information content (AvgIpc) is 2.94. The highest BCUT2D eigenvalue weighted by atomic mass is 32.2. The van der Waals surface area contributed by atoms with Crippen molar-refractivity contribution in [3.63, 3.8) is 0 Å². The molecule has 104 valence electrons. The molecular formula is C14H26N2OS. The van der Waals surface area contributed by atoms with Crippen molar-refractivity contribution in [3.05, 3.63) is 0 Å². The molecule has 1 N–H and O–H groups in total. The van der Waals surface area contributed by atoms with Crippen molar-refractivity contribution in [1.29, 1.82) is 0 Å². The van der Waals surface area contributed by atoms with Gasteiger partial charge in [-0.25, -0.2) is 0 Å². The van der Waals surface area contributed by atoms with E-state index in [2.05, 4.69) is 30.3 Å². The Morgan fingerprint density at radius 3 is 2.78 bits per heavy atom. The second-order valence-electron chi connectivity index (χ2n) is 5.45. The molecular weight excluding hydrogens is 244 g/mol. The summed E-state index contributed by atoms with van der Waals surface area (Å²) in [4.78, 5) is 14.8. The van der Waals surface area contributed by atoms with E-state index in [9.17, 15) is 4.79 Å². The highest BCUT2D eigenvalue weighted by Crippen LogP contribution is 2.35. The quantitative estimate of drug-likeness (QED) is 0.833. The molecule has 4 heteroatoms. The van der Waals surface area contributed by atoms with Gasteiger partial charge in [-0.3, -0.25) is 10.1 Å². The van der Waals surface area contributed by atoms with Crippen molar-refractivity contribution in [2.24, 2.45) is 0 Å². The summed E-state index contributed by atoms with van der Waals surface area (Å²) in [5.74, 6) is 0.356. The van der Waals surface area contributed by atoms with E-state index in [1.54, 1.807) is 0 Å². The third-order valence-corrected chi connectivity index (χ3v) is 5.48. The molecule has 1 amide bonds. The molecule has 1 heterocycles. The molecule has 0 radical (unpaired) electrons. The molecule has 18 heavy (non-hydrogen) atoms. The Bertz CT molecular complexity index is 298. The van der Waals surface area contributed by atoms with Crippen LogP contribution in [-0.2, 0) is 4.79 Å². The molecule has 4 atom stereocenters. The van der Waals surface area contributed by atoms with Crippen LogP contribution in [0, 0.1) is 0 Å². The number of hydrogen-bond donors (Lipinski definition) is 1. The summed E-state index contributed by atoms with van der Waals surface area (Å²) in [6.45, 7) is 4.33. The van der Waals surface area contributed by atoms with Crippen LogP contribution in [0.15, 0.2) is 0 Å². The van der Waals surface area contributed by atoms with Gasteiger partial charge >= 0.3 is 0 Å². The Kier molecular flexibility index (Phi) is 4.96. The average molecular weight is 270 g/mol. The van der Waals surface area contributed by atoms with Gasteiger partial charge in [-0.05, 0) is 31.9 Å². The third kappa shape index (κ3) is 2.55. The first kappa shape index (κ1) is 14.2. The lowest BCUT2D eigenvalue weighted by molar-refractivity contribution is -0.132. The minimum Gasteiger partial charge on any atom is -0.322 e.